The third-order valence-corrected chi connectivity index (χ3v) is 5.37. The average molecular weight is 340 g/mol. The molecule has 1 fully saturated rings. The van der Waals surface area contributed by atoms with Crippen LogP contribution in [-0.4, -0.2) is 16.9 Å². The number of aromatic nitrogens is 1. The van der Waals surface area contributed by atoms with Crippen molar-refractivity contribution in [2.24, 2.45) is 10.1 Å². The number of thiazole rings is 1. The standard InChI is InChI=1S/C20H25N3S/c1-4-12-21-20-23(22-18-8-6-5-7-9-18)19(14-24-20)17-11-10-15(2)16(3)13-17/h4,10-11,13-14H,1,5-9,12H2,2-3H3. The highest BCUT2D eigenvalue weighted by Crippen LogP contribution is 2.24. The molecule has 4 heteroatoms. The highest BCUT2D eigenvalue weighted by molar-refractivity contribution is 7.07. The van der Waals surface area contributed by atoms with Crippen LogP contribution in [0.2, 0.25) is 0 Å². The van der Waals surface area contributed by atoms with Crippen molar-refractivity contribution in [3.8, 4) is 11.3 Å². The molecule has 0 bridgehead atoms. The van der Waals surface area contributed by atoms with E-state index in [1.54, 1.807) is 11.3 Å². The summed E-state index contributed by atoms with van der Waals surface area (Å²) in [7, 11) is 0. The van der Waals surface area contributed by atoms with Gasteiger partial charge in [-0.25, -0.2) is 4.68 Å². The Labute approximate surface area is 148 Å². The maximum absolute atomic E-state index is 4.98. The molecule has 0 aliphatic heterocycles. The molecule has 24 heavy (non-hydrogen) atoms. The zero-order valence-corrected chi connectivity index (χ0v) is 15.4. The molecule has 126 valence electrons. The highest BCUT2D eigenvalue weighted by atomic mass is 32.1. The van der Waals surface area contributed by atoms with E-state index >= 15 is 0 Å². The summed E-state index contributed by atoms with van der Waals surface area (Å²) in [6.07, 6.45) is 7.87. The van der Waals surface area contributed by atoms with Gasteiger partial charge in [0.05, 0.1) is 12.2 Å². The molecule has 1 aliphatic rings. The summed E-state index contributed by atoms with van der Waals surface area (Å²) in [5.41, 5.74) is 6.25. The number of hydrogen-bond acceptors (Lipinski definition) is 3. The molecule has 1 aliphatic carbocycles. The van der Waals surface area contributed by atoms with Gasteiger partial charge in [0.1, 0.15) is 0 Å². The summed E-state index contributed by atoms with van der Waals surface area (Å²) < 4.78 is 2.04. The van der Waals surface area contributed by atoms with Gasteiger partial charge in [-0.2, -0.15) is 5.10 Å². The number of aryl methyl sites for hydroxylation is 2. The summed E-state index contributed by atoms with van der Waals surface area (Å²) in [5, 5.41) is 7.14. The van der Waals surface area contributed by atoms with Crippen LogP contribution in [0.15, 0.2) is 46.3 Å². The number of hydrogen-bond donors (Lipinski definition) is 0. The van der Waals surface area contributed by atoms with E-state index in [0.717, 1.165) is 23.3 Å². The Morgan fingerprint density at radius 2 is 1.96 bits per heavy atom. The van der Waals surface area contributed by atoms with Crippen molar-refractivity contribution in [1.29, 1.82) is 0 Å². The smallest absolute Gasteiger partial charge is 0.206 e. The molecular weight excluding hydrogens is 314 g/mol. The third-order valence-electron chi connectivity index (χ3n) is 4.52. The predicted molar refractivity (Wildman–Crippen MR) is 104 cm³/mol. The van der Waals surface area contributed by atoms with Gasteiger partial charge in [0.15, 0.2) is 0 Å². The van der Waals surface area contributed by atoms with Crippen molar-refractivity contribution >= 4 is 17.0 Å². The molecule has 1 aromatic heterocycles. The molecule has 0 spiro atoms. The Morgan fingerprint density at radius 3 is 2.67 bits per heavy atom. The Bertz CT molecular complexity index is 816. The lowest BCUT2D eigenvalue weighted by Gasteiger charge is -2.13. The van der Waals surface area contributed by atoms with Crippen molar-refractivity contribution in [1.82, 2.24) is 4.68 Å². The molecule has 0 radical (unpaired) electrons. The molecule has 1 aromatic carbocycles. The van der Waals surface area contributed by atoms with E-state index in [2.05, 4.69) is 49.0 Å². The van der Waals surface area contributed by atoms with Crippen LogP contribution in [0.25, 0.3) is 11.3 Å². The number of nitrogens with zero attached hydrogens (tertiary/aromatic N) is 3. The lowest BCUT2D eigenvalue weighted by molar-refractivity contribution is 0.655. The van der Waals surface area contributed by atoms with Crippen molar-refractivity contribution in [3.05, 3.63) is 52.2 Å². The predicted octanol–water partition coefficient (Wildman–Crippen LogP) is 5.09. The first-order chi connectivity index (χ1) is 11.7. The van der Waals surface area contributed by atoms with E-state index in [-0.39, 0.29) is 0 Å². The first-order valence-corrected chi connectivity index (χ1v) is 9.53. The van der Waals surface area contributed by atoms with Gasteiger partial charge >= 0.3 is 0 Å². The van der Waals surface area contributed by atoms with Crippen LogP contribution in [0.4, 0.5) is 0 Å². The molecule has 0 amide bonds. The summed E-state index contributed by atoms with van der Waals surface area (Å²) >= 11 is 1.65. The van der Waals surface area contributed by atoms with E-state index in [1.807, 2.05) is 10.8 Å². The van der Waals surface area contributed by atoms with Crippen LogP contribution in [0, 0.1) is 13.8 Å². The van der Waals surface area contributed by atoms with E-state index in [1.165, 1.54) is 41.7 Å². The van der Waals surface area contributed by atoms with Crippen LogP contribution in [0.3, 0.4) is 0 Å². The molecule has 0 saturated heterocycles. The van der Waals surface area contributed by atoms with Crippen molar-refractivity contribution in [2.45, 2.75) is 46.0 Å². The van der Waals surface area contributed by atoms with Crippen LogP contribution < -0.4 is 4.80 Å². The lowest BCUT2D eigenvalue weighted by Crippen LogP contribution is -2.16. The van der Waals surface area contributed by atoms with Crippen molar-refractivity contribution in [3.63, 3.8) is 0 Å². The average Bonchev–Trinajstić information content (AvgIpc) is 2.99. The van der Waals surface area contributed by atoms with Gasteiger partial charge in [-0.1, -0.05) is 24.6 Å². The topological polar surface area (TPSA) is 29.6 Å². The Morgan fingerprint density at radius 1 is 1.17 bits per heavy atom. The van der Waals surface area contributed by atoms with Gasteiger partial charge in [-0.15, -0.1) is 17.9 Å². The minimum atomic E-state index is 0.623. The fourth-order valence-electron chi connectivity index (χ4n) is 2.95. The number of rotatable bonds is 4. The Hall–Kier alpha value is -1.94. The van der Waals surface area contributed by atoms with Gasteiger partial charge in [0.2, 0.25) is 4.80 Å². The Balaban J connectivity index is 2.10. The second-order valence-electron chi connectivity index (χ2n) is 6.37. The zero-order valence-electron chi connectivity index (χ0n) is 14.6. The molecule has 0 N–H and O–H groups in total. The van der Waals surface area contributed by atoms with E-state index in [4.69, 9.17) is 5.10 Å². The summed E-state index contributed by atoms with van der Waals surface area (Å²) in [4.78, 5) is 5.58. The molecule has 2 aromatic rings. The summed E-state index contributed by atoms with van der Waals surface area (Å²) in [6, 6.07) is 6.60. The maximum Gasteiger partial charge on any atom is 0.206 e. The van der Waals surface area contributed by atoms with Gasteiger partial charge in [-0.05, 0) is 56.7 Å². The lowest BCUT2D eigenvalue weighted by atomic mass is 9.99. The molecule has 0 atom stereocenters. The minimum absolute atomic E-state index is 0.623. The normalized spacial score (nSPS) is 15.6. The summed E-state index contributed by atoms with van der Waals surface area (Å²) in [5.74, 6) is 0. The highest BCUT2D eigenvalue weighted by Gasteiger charge is 2.12. The first kappa shape index (κ1) is 16.9. The van der Waals surface area contributed by atoms with Crippen LogP contribution in [0.5, 0.6) is 0 Å². The molecule has 1 heterocycles. The SMILES string of the molecule is C=CCN=c1scc(-c2ccc(C)c(C)c2)n1N=C1CCCCC1. The second kappa shape index (κ2) is 7.75. The van der Waals surface area contributed by atoms with Gasteiger partial charge in [0.25, 0.3) is 0 Å². The van der Waals surface area contributed by atoms with Gasteiger partial charge < -0.3 is 0 Å². The first-order valence-electron chi connectivity index (χ1n) is 8.65. The molecule has 3 rings (SSSR count). The van der Waals surface area contributed by atoms with E-state index < -0.39 is 0 Å². The Kier molecular flexibility index (Phi) is 5.46. The minimum Gasteiger partial charge on any atom is -0.253 e. The van der Waals surface area contributed by atoms with Gasteiger partial charge in [0, 0.05) is 16.7 Å². The number of benzene rings is 1. The summed E-state index contributed by atoms with van der Waals surface area (Å²) in [6.45, 7) is 8.70. The van der Waals surface area contributed by atoms with E-state index in [0.29, 0.717) is 6.54 Å². The second-order valence-corrected chi connectivity index (χ2v) is 7.21. The van der Waals surface area contributed by atoms with Crippen molar-refractivity contribution < 1.29 is 0 Å². The monoisotopic (exact) mass is 339 g/mol. The third kappa shape index (κ3) is 3.75. The molecule has 0 unspecified atom stereocenters. The molecular formula is C20H25N3S. The fourth-order valence-corrected chi connectivity index (χ4v) is 3.79. The van der Waals surface area contributed by atoms with Crippen LogP contribution in [-0.2, 0) is 0 Å². The van der Waals surface area contributed by atoms with Gasteiger partial charge in [-0.3, -0.25) is 4.99 Å². The van der Waals surface area contributed by atoms with E-state index in [9.17, 15) is 0 Å². The molecule has 1 saturated carbocycles. The molecule has 3 nitrogen and oxygen atoms in total. The van der Waals surface area contributed by atoms with Crippen LogP contribution >= 0.6 is 11.3 Å². The van der Waals surface area contributed by atoms with Crippen LogP contribution in [0.1, 0.15) is 43.2 Å². The van der Waals surface area contributed by atoms with Crippen molar-refractivity contribution in [2.75, 3.05) is 6.54 Å². The fraction of sp³-hybridized carbons (Fsp3) is 0.400. The quantitative estimate of drug-likeness (QED) is 0.695. The maximum atomic E-state index is 4.98. The zero-order chi connectivity index (χ0) is 16.9. The largest absolute Gasteiger partial charge is 0.253 e.